The Kier molecular flexibility index (Phi) is 3.21. The molecule has 0 saturated carbocycles. The lowest BCUT2D eigenvalue weighted by molar-refractivity contribution is 0.0681. The van der Waals surface area contributed by atoms with Gasteiger partial charge < -0.3 is 22.1 Å². The third kappa shape index (κ3) is 2.04. The summed E-state index contributed by atoms with van der Waals surface area (Å²) in [6.07, 6.45) is 2.61. The van der Waals surface area contributed by atoms with Crippen LogP contribution in [0, 0.1) is 0 Å². The fraction of sp³-hybridized carbons (Fsp3) is 0.615. The van der Waals surface area contributed by atoms with Crippen LogP contribution in [-0.2, 0) is 0 Å². The van der Waals surface area contributed by atoms with E-state index in [-0.39, 0.29) is 17.5 Å². The molecule has 0 aromatic carbocycles. The lowest BCUT2D eigenvalue weighted by Gasteiger charge is -2.49. The molecule has 6 N–H and O–H groups in total. The van der Waals surface area contributed by atoms with E-state index >= 15 is 0 Å². The van der Waals surface area contributed by atoms with E-state index in [0.29, 0.717) is 11.4 Å². The number of nitrogens with two attached hydrogens (primary N) is 3. The standard InChI is InChI=1S/C13H23N5/c1-13(2)11(9(15)4-5-18(13)3)12-10(16)6-8(14)7-17-12/h6-7,9,11H,4-5,14-16H2,1-3H3. The molecule has 0 amide bonds. The Labute approximate surface area is 108 Å². The Hall–Kier alpha value is -1.33. The smallest absolute Gasteiger partial charge is 0.0698 e. The van der Waals surface area contributed by atoms with E-state index in [1.54, 1.807) is 12.3 Å². The number of likely N-dealkylation sites (N-methyl/N-ethyl adjacent to an activating group) is 1. The molecule has 0 aliphatic carbocycles. The first-order chi connectivity index (χ1) is 8.34. The fourth-order valence-electron chi connectivity index (χ4n) is 2.87. The van der Waals surface area contributed by atoms with E-state index in [4.69, 9.17) is 17.2 Å². The summed E-state index contributed by atoms with van der Waals surface area (Å²) >= 11 is 0. The van der Waals surface area contributed by atoms with Gasteiger partial charge in [-0.25, -0.2) is 0 Å². The van der Waals surface area contributed by atoms with Crippen LogP contribution in [-0.4, -0.2) is 35.1 Å². The number of pyridine rings is 1. The zero-order chi connectivity index (χ0) is 13.5. The van der Waals surface area contributed by atoms with Crippen LogP contribution in [0.25, 0.3) is 0 Å². The number of likely N-dealkylation sites (tertiary alicyclic amines) is 1. The molecule has 5 heteroatoms. The molecule has 100 valence electrons. The molecule has 1 aliphatic rings. The van der Waals surface area contributed by atoms with E-state index < -0.39 is 0 Å². The molecule has 5 nitrogen and oxygen atoms in total. The fourth-order valence-corrected chi connectivity index (χ4v) is 2.87. The molecule has 0 radical (unpaired) electrons. The number of anilines is 2. The van der Waals surface area contributed by atoms with Crippen LogP contribution < -0.4 is 17.2 Å². The van der Waals surface area contributed by atoms with Gasteiger partial charge in [-0.1, -0.05) is 0 Å². The summed E-state index contributed by atoms with van der Waals surface area (Å²) < 4.78 is 0. The van der Waals surface area contributed by atoms with Gasteiger partial charge in [0, 0.05) is 17.5 Å². The second-order valence-electron chi connectivity index (χ2n) is 5.75. The van der Waals surface area contributed by atoms with Gasteiger partial charge in [-0.05, 0) is 39.9 Å². The molecular formula is C13H23N5. The van der Waals surface area contributed by atoms with Gasteiger partial charge in [-0.15, -0.1) is 0 Å². The van der Waals surface area contributed by atoms with Crippen molar-refractivity contribution in [3.63, 3.8) is 0 Å². The molecule has 18 heavy (non-hydrogen) atoms. The molecule has 1 saturated heterocycles. The minimum absolute atomic E-state index is 0.0606. The maximum absolute atomic E-state index is 6.30. The Balaban J connectivity index is 2.45. The van der Waals surface area contributed by atoms with Gasteiger partial charge in [0.05, 0.1) is 23.3 Å². The van der Waals surface area contributed by atoms with E-state index in [1.807, 2.05) is 0 Å². The van der Waals surface area contributed by atoms with E-state index in [9.17, 15) is 0 Å². The predicted octanol–water partition coefficient (Wildman–Crippen LogP) is 0.771. The number of nitrogens with zero attached hydrogens (tertiary/aromatic N) is 2. The summed E-state index contributed by atoms with van der Waals surface area (Å²) in [4.78, 5) is 6.74. The predicted molar refractivity (Wildman–Crippen MR) is 75.1 cm³/mol. The van der Waals surface area contributed by atoms with Crippen molar-refractivity contribution in [2.75, 3.05) is 25.1 Å². The van der Waals surface area contributed by atoms with Gasteiger partial charge >= 0.3 is 0 Å². The molecule has 2 heterocycles. The Morgan fingerprint density at radius 3 is 2.67 bits per heavy atom. The monoisotopic (exact) mass is 249 g/mol. The van der Waals surface area contributed by atoms with Crippen LogP contribution in [0.5, 0.6) is 0 Å². The van der Waals surface area contributed by atoms with Crippen LogP contribution in [0.1, 0.15) is 31.9 Å². The summed E-state index contributed by atoms with van der Waals surface area (Å²) in [7, 11) is 2.12. The second kappa shape index (κ2) is 4.40. The quantitative estimate of drug-likeness (QED) is 0.683. The average Bonchev–Trinajstić information content (AvgIpc) is 2.27. The lowest BCUT2D eigenvalue weighted by Crippen LogP contribution is -2.57. The molecule has 2 atom stereocenters. The van der Waals surface area contributed by atoms with E-state index in [2.05, 4.69) is 30.8 Å². The largest absolute Gasteiger partial charge is 0.397 e. The third-order valence-electron chi connectivity index (χ3n) is 4.24. The summed E-state index contributed by atoms with van der Waals surface area (Å²) in [5.74, 6) is 0.122. The van der Waals surface area contributed by atoms with Gasteiger partial charge in [-0.3, -0.25) is 4.98 Å². The number of hydrogen-bond acceptors (Lipinski definition) is 5. The van der Waals surface area contributed by atoms with Gasteiger partial charge in [0.1, 0.15) is 0 Å². The zero-order valence-electron chi connectivity index (χ0n) is 11.4. The molecule has 1 aromatic rings. The minimum Gasteiger partial charge on any atom is -0.397 e. The highest BCUT2D eigenvalue weighted by atomic mass is 15.2. The second-order valence-corrected chi connectivity index (χ2v) is 5.75. The number of rotatable bonds is 1. The Bertz CT molecular complexity index is 443. The number of hydrogen-bond donors (Lipinski definition) is 3. The number of piperidine rings is 1. The van der Waals surface area contributed by atoms with Gasteiger partial charge in [-0.2, -0.15) is 0 Å². The first-order valence-electron chi connectivity index (χ1n) is 6.31. The van der Waals surface area contributed by atoms with Crippen LogP contribution in [0.15, 0.2) is 12.3 Å². The molecule has 1 aliphatic heterocycles. The molecule has 1 aromatic heterocycles. The molecule has 1 fully saturated rings. The first-order valence-corrected chi connectivity index (χ1v) is 6.31. The van der Waals surface area contributed by atoms with Crippen molar-refractivity contribution in [1.29, 1.82) is 0 Å². The summed E-state index contributed by atoms with van der Waals surface area (Å²) in [6, 6.07) is 1.84. The SMILES string of the molecule is CN1CCC(N)C(c2ncc(N)cc2N)C1(C)C. The Morgan fingerprint density at radius 2 is 2.06 bits per heavy atom. The minimum atomic E-state index is -0.0606. The summed E-state index contributed by atoms with van der Waals surface area (Å²) in [6.45, 7) is 5.38. The normalized spacial score (nSPS) is 28.2. The molecular weight excluding hydrogens is 226 g/mol. The van der Waals surface area contributed by atoms with Crippen molar-refractivity contribution in [3.8, 4) is 0 Å². The van der Waals surface area contributed by atoms with E-state index in [1.165, 1.54) is 0 Å². The van der Waals surface area contributed by atoms with Crippen LogP contribution in [0.2, 0.25) is 0 Å². The summed E-state index contributed by atoms with van der Waals surface area (Å²) in [5.41, 5.74) is 20.1. The first kappa shape index (κ1) is 13.1. The Morgan fingerprint density at radius 1 is 1.39 bits per heavy atom. The summed E-state index contributed by atoms with van der Waals surface area (Å²) in [5, 5.41) is 0. The molecule has 0 bridgehead atoms. The van der Waals surface area contributed by atoms with Crippen molar-refractivity contribution in [2.24, 2.45) is 5.73 Å². The maximum atomic E-state index is 6.30. The third-order valence-corrected chi connectivity index (χ3v) is 4.24. The number of aromatic nitrogens is 1. The van der Waals surface area contributed by atoms with Gasteiger partial charge in [0.2, 0.25) is 0 Å². The van der Waals surface area contributed by atoms with Gasteiger partial charge in [0.25, 0.3) is 0 Å². The highest BCUT2D eigenvalue weighted by Crippen LogP contribution is 2.40. The average molecular weight is 249 g/mol. The maximum Gasteiger partial charge on any atom is 0.0698 e. The topological polar surface area (TPSA) is 94.2 Å². The molecule has 2 unspecified atom stereocenters. The van der Waals surface area contributed by atoms with Crippen LogP contribution in [0.3, 0.4) is 0 Å². The molecule has 0 spiro atoms. The van der Waals surface area contributed by atoms with Crippen LogP contribution >= 0.6 is 0 Å². The van der Waals surface area contributed by atoms with Crippen molar-refractivity contribution in [3.05, 3.63) is 18.0 Å². The lowest BCUT2D eigenvalue weighted by atomic mass is 9.74. The van der Waals surface area contributed by atoms with Crippen molar-refractivity contribution >= 4 is 11.4 Å². The highest BCUT2D eigenvalue weighted by Gasteiger charge is 2.43. The number of nitrogen functional groups attached to an aromatic ring is 2. The molecule has 2 rings (SSSR count). The van der Waals surface area contributed by atoms with Crippen molar-refractivity contribution in [2.45, 2.75) is 37.8 Å². The highest BCUT2D eigenvalue weighted by molar-refractivity contribution is 5.54. The van der Waals surface area contributed by atoms with Gasteiger partial charge in [0.15, 0.2) is 0 Å². The van der Waals surface area contributed by atoms with E-state index in [0.717, 1.165) is 18.7 Å². The zero-order valence-corrected chi connectivity index (χ0v) is 11.4. The van der Waals surface area contributed by atoms with Crippen LogP contribution in [0.4, 0.5) is 11.4 Å². The van der Waals surface area contributed by atoms with Crippen molar-refractivity contribution in [1.82, 2.24) is 9.88 Å². The van der Waals surface area contributed by atoms with Crippen molar-refractivity contribution < 1.29 is 0 Å².